The quantitative estimate of drug-likeness (QED) is 0.295. The van der Waals surface area contributed by atoms with Crippen molar-refractivity contribution in [2.75, 3.05) is 18.2 Å². The molecule has 0 aliphatic heterocycles. The Kier molecular flexibility index (Phi) is 7.73. The van der Waals surface area contributed by atoms with Gasteiger partial charge in [0, 0.05) is 16.5 Å². The van der Waals surface area contributed by atoms with Gasteiger partial charge in [-0.3, -0.25) is 4.79 Å². The Morgan fingerprint density at radius 1 is 1.05 bits per heavy atom. The van der Waals surface area contributed by atoms with Crippen molar-refractivity contribution in [2.24, 2.45) is 0 Å². The molecule has 0 aliphatic carbocycles. The number of nitrogens with one attached hydrogen (secondary N) is 1. The van der Waals surface area contributed by atoms with Crippen molar-refractivity contribution in [2.45, 2.75) is 24.1 Å². The van der Waals surface area contributed by atoms with Gasteiger partial charge in [0.25, 0.3) is 0 Å². The number of pyridine rings is 1. The number of aromatic nitrogens is 2. The van der Waals surface area contributed by atoms with E-state index in [4.69, 9.17) is 10.5 Å². The number of hydrogen-bond donors (Lipinski definition) is 2. The minimum absolute atomic E-state index is 0.0104. The Balaban J connectivity index is 1.56. The first-order chi connectivity index (χ1) is 17.8. The van der Waals surface area contributed by atoms with Gasteiger partial charge in [0.2, 0.25) is 5.91 Å². The molecule has 1 amide bonds. The summed E-state index contributed by atoms with van der Waals surface area (Å²) in [6.45, 7) is 3.66. The molecular weight excluding hydrogens is 504 g/mol. The summed E-state index contributed by atoms with van der Waals surface area (Å²) in [5.41, 5.74) is 10.2. The average Bonchev–Trinajstić information content (AvgIpc) is 3.37. The lowest BCUT2D eigenvalue weighted by atomic mass is 9.96. The molecule has 8 nitrogen and oxygen atoms in total. The molecule has 0 fully saturated rings. The van der Waals surface area contributed by atoms with Crippen LogP contribution >= 0.6 is 23.1 Å². The molecule has 0 aliphatic rings. The molecular formula is C27H22N6O2S2. The molecule has 1 unspecified atom stereocenters. The van der Waals surface area contributed by atoms with E-state index in [1.807, 2.05) is 60.8 Å². The number of thioether (sulfide) groups is 1. The average molecular weight is 527 g/mol. The zero-order chi connectivity index (χ0) is 26.5. The number of benzene rings is 2. The van der Waals surface area contributed by atoms with Crippen molar-refractivity contribution < 1.29 is 9.53 Å². The number of nitriles is 2. The number of hydrogen-bond acceptors (Lipinski definition) is 9. The van der Waals surface area contributed by atoms with Gasteiger partial charge in [-0.05, 0) is 43.7 Å². The number of thiazole rings is 1. The van der Waals surface area contributed by atoms with Gasteiger partial charge in [-0.1, -0.05) is 41.6 Å². The van der Waals surface area contributed by atoms with E-state index in [2.05, 4.69) is 27.4 Å². The highest BCUT2D eigenvalue weighted by atomic mass is 32.2. The minimum Gasteiger partial charge on any atom is -0.497 e. The predicted octanol–water partition coefficient (Wildman–Crippen LogP) is 5.63. The molecule has 1 atom stereocenters. The van der Waals surface area contributed by atoms with Gasteiger partial charge >= 0.3 is 0 Å². The summed E-state index contributed by atoms with van der Waals surface area (Å²) in [5, 5.41) is 24.5. The van der Waals surface area contributed by atoms with Crippen molar-refractivity contribution in [3.8, 4) is 40.3 Å². The second-order valence-corrected chi connectivity index (χ2v) is 10.2. The summed E-state index contributed by atoms with van der Waals surface area (Å²) in [4.78, 5) is 21.8. The van der Waals surface area contributed by atoms with Crippen LogP contribution in [0.2, 0.25) is 0 Å². The van der Waals surface area contributed by atoms with Crippen LogP contribution in [0.25, 0.3) is 22.4 Å². The molecule has 2 aromatic carbocycles. The Labute approximate surface area is 222 Å². The molecule has 0 spiro atoms. The Morgan fingerprint density at radius 2 is 1.70 bits per heavy atom. The smallest absolute Gasteiger partial charge is 0.239 e. The number of rotatable bonds is 7. The lowest BCUT2D eigenvalue weighted by molar-refractivity contribution is -0.115. The van der Waals surface area contributed by atoms with E-state index in [1.165, 1.54) is 11.3 Å². The summed E-state index contributed by atoms with van der Waals surface area (Å²) >= 11 is 2.42. The number of anilines is 2. The summed E-state index contributed by atoms with van der Waals surface area (Å²) in [7, 11) is 1.61. The third-order valence-electron chi connectivity index (χ3n) is 5.53. The van der Waals surface area contributed by atoms with E-state index in [1.54, 1.807) is 14.0 Å². The third-order valence-corrected chi connectivity index (χ3v) is 7.38. The van der Waals surface area contributed by atoms with Crippen LogP contribution in [0.3, 0.4) is 0 Å². The molecule has 2 aromatic heterocycles. The lowest BCUT2D eigenvalue weighted by Crippen LogP contribution is -2.22. The van der Waals surface area contributed by atoms with E-state index in [0.29, 0.717) is 16.3 Å². The topological polar surface area (TPSA) is 138 Å². The Bertz CT molecular complexity index is 1530. The highest BCUT2D eigenvalue weighted by molar-refractivity contribution is 8.00. The van der Waals surface area contributed by atoms with E-state index >= 15 is 0 Å². The van der Waals surface area contributed by atoms with Gasteiger partial charge in [-0.2, -0.15) is 10.5 Å². The first-order valence-corrected chi connectivity index (χ1v) is 12.9. The van der Waals surface area contributed by atoms with Gasteiger partial charge in [-0.15, -0.1) is 11.3 Å². The Hall–Kier alpha value is -4.38. The number of carbonyl (C=O) groups excluding carboxylic acids is 1. The highest BCUT2D eigenvalue weighted by Crippen LogP contribution is 2.37. The third kappa shape index (κ3) is 5.56. The largest absolute Gasteiger partial charge is 0.497 e. The van der Waals surface area contributed by atoms with Crippen molar-refractivity contribution >= 4 is 40.0 Å². The van der Waals surface area contributed by atoms with Crippen LogP contribution in [0, 0.1) is 29.6 Å². The molecule has 37 heavy (non-hydrogen) atoms. The van der Waals surface area contributed by atoms with Crippen molar-refractivity contribution in [1.82, 2.24) is 9.97 Å². The molecule has 10 heteroatoms. The van der Waals surface area contributed by atoms with Gasteiger partial charge in [0.15, 0.2) is 5.13 Å². The molecule has 3 N–H and O–H groups in total. The van der Waals surface area contributed by atoms with E-state index in [9.17, 15) is 15.3 Å². The summed E-state index contributed by atoms with van der Waals surface area (Å²) in [5.74, 6) is 0.458. The number of methoxy groups -OCH3 is 1. The van der Waals surface area contributed by atoms with E-state index in [-0.39, 0.29) is 27.9 Å². The zero-order valence-corrected chi connectivity index (χ0v) is 21.9. The standard InChI is InChI=1S/C27H22N6O2S2/c1-15-4-6-18(7-5-15)23-20(12-28)24(30)32-26(21(23)13-29)37-16(2)25(34)33-27-31-22(14-36-27)17-8-10-19(35-3)11-9-17/h4-11,14,16H,1-3H3,(H2,30,32)(H,31,33,34). The molecule has 0 saturated heterocycles. The molecule has 184 valence electrons. The Morgan fingerprint density at radius 3 is 2.32 bits per heavy atom. The van der Waals surface area contributed by atoms with Crippen molar-refractivity contribution in [1.29, 1.82) is 10.5 Å². The number of nitrogens with zero attached hydrogens (tertiary/aromatic N) is 4. The molecule has 4 aromatic rings. The van der Waals surface area contributed by atoms with Crippen LogP contribution in [0.4, 0.5) is 10.9 Å². The summed E-state index contributed by atoms with van der Waals surface area (Å²) in [6, 6.07) is 19.2. The first kappa shape index (κ1) is 25.7. The second-order valence-electron chi connectivity index (χ2n) is 8.03. The van der Waals surface area contributed by atoms with E-state index in [0.717, 1.165) is 34.3 Å². The van der Waals surface area contributed by atoms with Gasteiger partial charge in [-0.25, -0.2) is 9.97 Å². The summed E-state index contributed by atoms with van der Waals surface area (Å²) < 4.78 is 5.19. The maximum Gasteiger partial charge on any atom is 0.239 e. The van der Waals surface area contributed by atoms with Crippen LogP contribution in [0.5, 0.6) is 5.75 Å². The SMILES string of the molecule is COc1ccc(-c2csc(NC(=O)C(C)Sc3nc(N)c(C#N)c(-c4ccc(C)cc4)c3C#N)n2)cc1. The zero-order valence-electron chi connectivity index (χ0n) is 20.3. The number of carbonyl (C=O) groups is 1. The van der Waals surface area contributed by atoms with Crippen LogP contribution in [-0.2, 0) is 4.79 Å². The van der Waals surface area contributed by atoms with Crippen LogP contribution in [0.15, 0.2) is 58.9 Å². The fourth-order valence-electron chi connectivity index (χ4n) is 3.55. The van der Waals surface area contributed by atoms with Crippen LogP contribution in [0.1, 0.15) is 23.6 Å². The fourth-order valence-corrected chi connectivity index (χ4v) is 5.19. The van der Waals surface area contributed by atoms with Crippen molar-refractivity contribution in [3.63, 3.8) is 0 Å². The predicted molar refractivity (Wildman–Crippen MR) is 146 cm³/mol. The summed E-state index contributed by atoms with van der Waals surface area (Å²) in [6.07, 6.45) is 0. The van der Waals surface area contributed by atoms with Crippen LogP contribution in [-0.4, -0.2) is 28.2 Å². The molecule has 2 heterocycles. The van der Waals surface area contributed by atoms with Gasteiger partial charge < -0.3 is 15.8 Å². The van der Waals surface area contributed by atoms with Crippen LogP contribution < -0.4 is 15.8 Å². The number of amides is 1. The van der Waals surface area contributed by atoms with Gasteiger partial charge in [0.05, 0.1) is 23.6 Å². The molecule has 0 radical (unpaired) electrons. The lowest BCUT2D eigenvalue weighted by Gasteiger charge is -2.15. The maximum absolute atomic E-state index is 13.0. The highest BCUT2D eigenvalue weighted by Gasteiger charge is 2.24. The van der Waals surface area contributed by atoms with E-state index < -0.39 is 5.25 Å². The normalized spacial score (nSPS) is 11.3. The van der Waals surface area contributed by atoms with Crippen molar-refractivity contribution in [3.05, 3.63) is 70.6 Å². The fraction of sp³-hybridized carbons (Fsp3) is 0.148. The second kappa shape index (κ2) is 11.1. The number of aryl methyl sites for hydroxylation is 1. The number of nitrogen functional groups attached to an aromatic ring is 1. The van der Waals surface area contributed by atoms with Gasteiger partial charge in [0.1, 0.15) is 34.3 Å². The molecule has 4 rings (SSSR count). The molecule has 0 saturated carbocycles. The number of nitrogens with two attached hydrogens (primary N) is 1. The number of ether oxygens (including phenoxy) is 1. The molecule has 0 bridgehead atoms. The first-order valence-electron chi connectivity index (χ1n) is 11.1. The minimum atomic E-state index is -0.619. The maximum atomic E-state index is 13.0. The monoisotopic (exact) mass is 526 g/mol.